The molecule has 0 spiro atoms. The maximum atomic E-state index is 4.07. The van der Waals surface area contributed by atoms with Gasteiger partial charge in [0.05, 0.1) is 5.69 Å². The predicted octanol–water partition coefficient (Wildman–Crippen LogP) is 3.31. The number of aromatic nitrogens is 1. The van der Waals surface area contributed by atoms with Crippen LogP contribution in [-0.2, 0) is 6.54 Å². The Bertz CT molecular complexity index is 463. The summed E-state index contributed by atoms with van der Waals surface area (Å²) in [6.45, 7) is 5.10. The first-order valence-electron chi connectivity index (χ1n) is 5.46. The first-order chi connectivity index (χ1) is 7.75. The van der Waals surface area contributed by atoms with Crippen molar-refractivity contribution in [2.45, 2.75) is 20.4 Å². The summed E-state index contributed by atoms with van der Waals surface area (Å²) in [4.78, 5) is 4.07. The number of pyridine rings is 1. The van der Waals surface area contributed by atoms with Gasteiger partial charge in [-0.25, -0.2) is 0 Å². The van der Waals surface area contributed by atoms with Gasteiger partial charge in [-0.05, 0) is 37.1 Å². The van der Waals surface area contributed by atoms with Crippen LogP contribution in [-0.4, -0.2) is 4.98 Å². The minimum absolute atomic E-state index is 0.846. The maximum absolute atomic E-state index is 4.07. The van der Waals surface area contributed by atoms with E-state index in [2.05, 4.69) is 42.3 Å². The van der Waals surface area contributed by atoms with E-state index >= 15 is 0 Å². The standard InChI is InChI=1S/C14H16N2/c1-11-5-6-12(2)13(8-11)9-16-14-4-3-7-15-10-14/h3-8,10,16H,9H2,1-2H3. The van der Waals surface area contributed by atoms with Crippen molar-refractivity contribution in [1.29, 1.82) is 0 Å². The first kappa shape index (κ1) is 10.7. The summed E-state index contributed by atoms with van der Waals surface area (Å²) in [6, 6.07) is 10.5. The number of hydrogen-bond donors (Lipinski definition) is 1. The van der Waals surface area contributed by atoms with E-state index in [1.165, 1.54) is 16.7 Å². The molecule has 82 valence electrons. The molecule has 0 amide bonds. The highest BCUT2D eigenvalue weighted by molar-refractivity contribution is 5.42. The average Bonchev–Trinajstić information content (AvgIpc) is 2.32. The highest BCUT2D eigenvalue weighted by atomic mass is 14.9. The van der Waals surface area contributed by atoms with Gasteiger partial charge in [-0.15, -0.1) is 0 Å². The molecule has 0 saturated heterocycles. The molecule has 0 aliphatic heterocycles. The zero-order valence-corrected chi connectivity index (χ0v) is 9.70. The molecule has 16 heavy (non-hydrogen) atoms. The predicted molar refractivity (Wildman–Crippen MR) is 67.5 cm³/mol. The number of aryl methyl sites for hydroxylation is 2. The third kappa shape index (κ3) is 2.60. The number of anilines is 1. The number of nitrogens with zero attached hydrogens (tertiary/aromatic N) is 1. The molecule has 0 fully saturated rings. The second kappa shape index (κ2) is 4.79. The summed E-state index contributed by atoms with van der Waals surface area (Å²) in [6.07, 6.45) is 3.62. The Labute approximate surface area is 96.4 Å². The van der Waals surface area contributed by atoms with E-state index in [1.807, 2.05) is 18.3 Å². The monoisotopic (exact) mass is 212 g/mol. The van der Waals surface area contributed by atoms with Crippen LogP contribution < -0.4 is 5.32 Å². The Morgan fingerprint density at radius 3 is 2.81 bits per heavy atom. The molecule has 2 rings (SSSR count). The van der Waals surface area contributed by atoms with Crippen LogP contribution in [0.15, 0.2) is 42.7 Å². The van der Waals surface area contributed by atoms with Gasteiger partial charge in [0.25, 0.3) is 0 Å². The molecule has 2 heteroatoms. The van der Waals surface area contributed by atoms with Gasteiger partial charge in [0.2, 0.25) is 0 Å². The lowest BCUT2D eigenvalue weighted by molar-refractivity contribution is 1.10. The Morgan fingerprint density at radius 1 is 1.19 bits per heavy atom. The van der Waals surface area contributed by atoms with Gasteiger partial charge < -0.3 is 5.32 Å². The minimum atomic E-state index is 0.846. The quantitative estimate of drug-likeness (QED) is 0.844. The Morgan fingerprint density at radius 2 is 2.06 bits per heavy atom. The lowest BCUT2D eigenvalue weighted by atomic mass is 10.1. The van der Waals surface area contributed by atoms with Crippen LogP contribution in [0.2, 0.25) is 0 Å². The first-order valence-corrected chi connectivity index (χ1v) is 5.46. The molecule has 2 aromatic rings. The maximum Gasteiger partial charge on any atom is 0.0529 e. The fraction of sp³-hybridized carbons (Fsp3) is 0.214. The third-order valence-corrected chi connectivity index (χ3v) is 2.65. The molecule has 0 aliphatic carbocycles. The topological polar surface area (TPSA) is 24.9 Å². The minimum Gasteiger partial charge on any atom is -0.380 e. The summed E-state index contributed by atoms with van der Waals surface area (Å²) >= 11 is 0. The van der Waals surface area contributed by atoms with Crippen molar-refractivity contribution >= 4 is 5.69 Å². The van der Waals surface area contributed by atoms with E-state index in [1.54, 1.807) is 6.20 Å². The molecule has 0 bridgehead atoms. The van der Waals surface area contributed by atoms with Gasteiger partial charge in [-0.3, -0.25) is 4.98 Å². The Hall–Kier alpha value is -1.83. The fourth-order valence-electron chi connectivity index (χ4n) is 1.66. The second-order valence-corrected chi connectivity index (χ2v) is 4.03. The molecular weight excluding hydrogens is 196 g/mol. The van der Waals surface area contributed by atoms with Crippen LogP contribution in [0.5, 0.6) is 0 Å². The molecule has 2 nitrogen and oxygen atoms in total. The van der Waals surface area contributed by atoms with Gasteiger partial charge >= 0.3 is 0 Å². The van der Waals surface area contributed by atoms with Gasteiger partial charge in [0.15, 0.2) is 0 Å². The van der Waals surface area contributed by atoms with Crippen LogP contribution in [0, 0.1) is 13.8 Å². The normalized spacial score (nSPS) is 10.1. The lowest BCUT2D eigenvalue weighted by Gasteiger charge is -2.09. The lowest BCUT2D eigenvalue weighted by Crippen LogP contribution is -2.01. The van der Waals surface area contributed by atoms with Crippen LogP contribution in [0.25, 0.3) is 0 Å². The summed E-state index contributed by atoms with van der Waals surface area (Å²) in [5.41, 5.74) is 5.02. The van der Waals surface area contributed by atoms with Crippen LogP contribution in [0.3, 0.4) is 0 Å². The van der Waals surface area contributed by atoms with Crippen molar-refractivity contribution in [3.8, 4) is 0 Å². The smallest absolute Gasteiger partial charge is 0.0529 e. The van der Waals surface area contributed by atoms with Gasteiger partial charge in [-0.2, -0.15) is 0 Å². The molecule has 0 atom stereocenters. The summed E-state index contributed by atoms with van der Waals surface area (Å²) in [5, 5.41) is 3.37. The highest BCUT2D eigenvalue weighted by Crippen LogP contribution is 2.13. The van der Waals surface area contributed by atoms with E-state index in [4.69, 9.17) is 0 Å². The molecule has 0 aliphatic rings. The fourth-order valence-corrected chi connectivity index (χ4v) is 1.66. The van der Waals surface area contributed by atoms with Crippen molar-refractivity contribution in [3.63, 3.8) is 0 Å². The van der Waals surface area contributed by atoms with Crippen LogP contribution >= 0.6 is 0 Å². The molecule has 1 N–H and O–H groups in total. The van der Waals surface area contributed by atoms with Gasteiger partial charge in [-0.1, -0.05) is 23.8 Å². The van der Waals surface area contributed by atoms with E-state index < -0.39 is 0 Å². The summed E-state index contributed by atoms with van der Waals surface area (Å²) in [7, 11) is 0. The molecule has 1 heterocycles. The number of rotatable bonds is 3. The number of hydrogen-bond acceptors (Lipinski definition) is 2. The van der Waals surface area contributed by atoms with Crippen LogP contribution in [0.1, 0.15) is 16.7 Å². The SMILES string of the molecule is Cc1ccc(C)c(CNc2cccnc2)c1. The molecule has 0 unspecified atom stereocenters. The van der Waals surface area contributed by atoms with Crippen LogP contribution in [0.4, 0.5) is 5.69 Å². The zero-order chi connectivity index (χ0) is 11.4. The summed E-state index contributed by atoms with van der Waals surface area (Å²) in [5.74, 6) is 0. The third-order valence-electron chi connectivity index (χ3n) is 2.65. The average molecular weight is 212 g/mol. The largest absolute Gasteiger partial charge is 0.380 e. The molecule has 1 aromatic carbocycles. The Balaban J connectivity index is 2.08. The van der Waals surface area contributed by atoms with Crippen molar-refractivity contribution in [2.75, 3.05) is 5.32 Å². The number of benzene rings is 1. The van der Waals surface area contributed by atoms with E-state index in [0.717, 1.165) is 12.2 Å². The molecular formula is C14H16N2. The molecule has 0 radical (unpaired) electrons. The molecule has 1 aromatic heterocycles. The van der Waals surface area contributed by atoms with E-state index in [0.29, 0.717) is 0 Å². The zero-order valence-electron chi connectivity index (χ0n) is 9.70. The highest BCUT2D eigenvalue weighted by Gasteiger charge is 1.98. The van der Waals surface area contributed by atoms with Crippen molar-refractivity contribution in [2.24, 2.45) is 0 Å². The van der Waals surface area contributed by atoms with E-state index in [9.17, 15) is 0 Å². The summed E-state index contributed by atoms with van der Waals surface area (Å²) < 4.78 is 0. The second-order valence-electron chi connectivity index (χ2n) is 4.03. The van der Waals surface area contributed by atoms with E-state index in [-0.39, 0.29) is 0 Å². The molecule has 0 saturated carbocycles. The number of nitrogens with one attached hydrogen (secondary N) is 1. The van der Waals surface area contributed by atoms with Gasteiger partial charge in [0, 0.05) is 18.9 Å². The van der Waals surface area contributed by atoms with Crippen molar-refractivity contribution < 1.29 is 0 Å². The van der Waals surface area contributed by atoms with Gasteiger partial charge in [0.1, 0.15) is 0 Å². The van der Waals surface area contributed by atoms with Crippen molar-refractivity contribution in [3.05, 3.63) is 59.4 Å². The Kier molecular flexibility index (Phi) is 3.20. The van der Waals surface area contributed by atoms with Crippen molar-refractivity contribution in [1.82, 2.24) is 4.98 Å².